The van der Waals surface area contributed by atoms with Gasteiger partial charge >= 0.3 is 6.18 Å². The summed E-state index contributed by atoms with van der Waals surface area (Å²) in [7, 11) is 0. The van der Waals surface area contributed by atoms with Crippen LogP contribution in [-0.4, -0.2) is 22.7 Å². The highest BCUT2D eigenvalue weighted by Crippen LogP contribution is 2.38. The summed E-state index contributed by atoms with van der Waals surface area (Å²) in [5.74, 6) is -0.310. The number of halogens is 3. The van der Waals surface area contributed by atoms with Crippen molar-refractivity contribution in [2.45, 2.75) is 75.5 Å². The highest BCUT2D eigenvalue weighted by atomic mass is 32.2. The summed E-state index contributed by atoms with van der Waals surface area (Å²) in [4.78, 5) is 16.5. The molecule has 148 valence electrons. The Morgan fingerprint density at radius 3 is 2.44 bits per heavy atom. The molecule has 0 atom stereocenters. The predicted molar refractivity (Wildman–Crippen MR) is 98.4 cm³/mol. The van der Waals surface area contributed by atoms with Gasteiger partial charge in [-0.15, -0.1) is 0 Å². The summed E-state index contributed by atoms with van der Waals surface area (Å²) in [6, 6.07) is 2.68. The number of aromatic nitrogens is 1. The Morgan fingerprint density at radius 2 is 1.93 bits per heavy atom. The van der Waals surface area contributed by atoms with Crippen molar-refractivity contribution in [2.75, 3.05) is 5.75 Å². The third-order valence-electron chi connectivity index (χ3n) is 4.48. The van der Waals surface area contributed by atoms with Crippen LogP contribution in [0.3, 0.4) is 0 Å². The van der Waals surface area contributed by atoms with Crippen LogP contribution in [0.15, 0.2) is 11.1 Å². The van der Waals surface area contributed by atoms with E-state index in [-0.39, 0.29) is 28.4 Å². The molecule has 1 aliphatic carbocycles. The summed E-state index contributed by atoms with van der Waals surface area (Å²) < 4.78 is 40.3. The number of thioether (sulfide) groups is 1. The quantitative estimate of drug-likeness (QED) is 0.738. The summed E-state index contributed by atoms with van der Waals surface area (Å²) in [5.41, 5.74) is -1.90. The largest absolute Gasteiger partial charge is 0.417 e. The van der Waals surface area contributed by atoms with Gasteiger partial charge in [0.05, 0.1) is 16.9 Å². The SMILES string of the molecule is CC(C)(C)c1cc(C(F)(F)F)c(C#N)c(SCC(=O)NC2CCCCC2)n1. The van der Waals surface area contributed by atoms with Crippen LogP contribution in [0.2, 0.25) is 0 Å². The molecule has 27 heavy (non-hydrogen) atoms. The van der Waals surface area contributed by atoms with Gasteiger partial charge in [-0.3, -0.25) is 4.79 Å². The fraction of sp³-hybridized carbons (Fsp3) is 0.632. The maximum atomic E-state index is 13.4. The van der Waals surface area contributed by atoms with Crippen LogP contribution >= 0.6 is 11.8 Å². The molecule has 0 aliphatic heterocycles. The van der Waals surface area contributed by atoms with Gasteiger partial charge in [0.15, 0.2) is 0 Å². The van der Waals surface area contributed by atoms with Crippen LogP contribution in [0.25, 0.3) is 0 Å². The first-order valence-electron chi connectivity index (χ1n) is 8.97. The second-order valence-corrected chi connectivity index (χ2v) is 8.75. The number of rotatable bonds is 4. The minimum Gasteiger partial charge on any atom is -0.353 e. The number of pyridine rings is 1. The summed E-state index contributed by atoms with van der Waals surface area (Å²) in [6.45, 7) is 5.27. The zero-order valence-corrected chi connectivity index (χ0v) is 16.6. The second-order valence-electron chi connectivity index (χ2n) is 7.79. The number of nitrogens with zero attached hydrogens (tertiary/aromatic N) is 2. The van der Waals surface area contributed by atoms with Crippen LogP contribution in [0, 0.1) is 11.3 Å². The van der Waals surface area contributed by atoms with Crippen LogP contribution < -0.4 is 5.32 Å². The Labute approximate surface area is 161 Å². The Hall–Kier alpha value is -1.75. The molecule has 1 aliphatic rings. The third kappa shape index (κ3) is 5.86. The molecule has 1 heterocycles. The first-order valence-corrected chi connectivity index (χ1v) is 9.96. The van der Waals surface area contributed by atoms with Gasteiger partial charge in [0.1, 0.15) is 11.1 Å². The van der Waals surface area contributed by atoms with E-state index in [1.54, 1.807) is 26.8 Å². The van der Waals surface area contributed by atoms with E-state index in [1.165, 1.54) is 0 Å². The number of hydrogen-bond acceptors (Lipinski definition) is 4. The summed E-state index contributed by atoms with van der Waals surface area (Å²) in [5, 5.41) is 12.2. The van der Waals surface area contributed by atoms with Crippen molar-refractivity contribution >= 4 is 17.7 Å². The smallest absolute Gasteiger partial charge is 0.353 e. The van der Waals surface area contributed by atoms with Gasteiger partial charge in [0.2, 0.25) is 5.91 Å². The fourth-order valence-corrected chi connectivity index (χ4v) is 3.81. The Kier molecular flexibility index (Phi) is 6.79. The van der Waals surface area contributed by atoms with Crippen molar-refractivity contribution in [3.8, 4) is 6.07 Å². The van der Waals surface area contributed by atoms with Gasteiger partial charge < -0.3 is 5.32 Å². The first-order chi connectivity index (χ1) is 12.5. The molecule has 1 N–H and O–H groups in total. The predicted octanol–water partition coefficient (Wildman–Crippen LogP) is 4.81. The topological polar surface area (TPSA) is 65.8 Å². The van der Waals surface area contributed by atoms with E-state index in [0.717, 1.165) is 49.9 Å². The molecule has 2 rings (SSSR count). The molecule has 1 amide bonds. The van der Waals surface area contributed by atoms with Gasteiger partial charge in [0.25, 0.3) is 0 Å². The average Bonchev–Trinajstić information content (AvgIpc) is 2.58. The van der Waals surface area contributed by atoms with Crippen molar-refractivity contribution in [1.29, 1.82) is 5.26 Å². The molecule has 0 spiro atoms. The van der Waals surface area contributed by atoms with Crippen molar-refractivity contribution in [3.05, 3.63) is 22.9 Å². The van der Waals surface area contributed by atoms with E-state index in [9.17, 15) is 23.2 Å². The molecule has 8 heteroatoms. The van der Waals surface area contributed by atoms with Crippen molar-refractivity contribution < 1.29 is 18.0 Å². The number of nitrogens with one attached hydrogen (secondary N) is 1. The van der Waals surface area contributed by atoms with E-state index in [0.29, 0.717) is 0 Å². The first kappa shape index (κ1) is 21.5. The van der Waals surface area contributed by atoms with Gasteiger partial charge in [-0.25, -0.2) is 4.98 Å². The Morgan fingerprint density at radius 1 is 1.30 bits per heavy atom. The molecule has 0 bridgehead atoms. The van der Waals surface area contributed by atoms with Crippen molar-refractivity contribution in [3.63, 3.8) is 0 Å². The molecule has 1 aromatic rings. The van der Waals surface area contributed by atoms with E-state index < -0.39 is 22.7 Å². The molecule has 4 nitrogen and oxygen atoms in total. The lowest BCUT2D eigenvalue weighted by molar-refractivity contribution is -0.138. The van der Waals surface area contributed by atoms with E-state index in [4.69, 9.17) is 0 Å². The normalized spacial score (nSPS) is 16.0. The lowest BCUT2D eigenvalue weighted by atomic mass is 9.90. The van der Waals surface area contributed by atoms with Gasteiger partial charge in [-0.2, -0.15) is 18.4 Å². The maximum Gasteiger partial charge on any atom is 0.417 e. The number of amides is 1. The molecular formula is C19H24F3N3OS. The molecule has 1 fully saturated rings. The molecule has 1 aromatic heterocycles. The molecule has 0 saturated heterocycles. The Bertz CT molecular complexity index is 729. The number of carbonyl (C=O) groups is 1. The molecule has 0 unspecified atom stereocenters. The molecular weight excluding hydrogens is 375 g/mol. The van der Waals surface area contributed by atoms with Crippen LogP contribution in [-0.2, 0) is 16.4 Å². The summed E-state index contributed by atoms with van der Waals surface area (Å²) >= 11 is 0.883. The standard InChI is InChI=1S/C19H24F3N3OS/c1-18(2,3)15-9-14(19(20,21)22)13(10-23)17(25-15)27-11-16(26)24-12-7-5-4-6-8-12/h9,12H,4-8,11H2,1-3H3,(H,24,26). The highest BCUT2D eigenvalue weighted by molar-refractivity contribution is 8.00. The van der Waals surface area contributed by atoms with E-state index in [2.05, 4.69) is 10.3 Å². The summed E-state index contributed by atoms with van der Waals surface area (Å²) in [6.07, 6.45) is 0.497. The van der Waals surface area contributed by atoms with Crippen LogP contribution in [0.1, 0.15) is 69.7 Å². The zero-order valence-electron chi connectivity index (χ0n) is 15.7. The lowest BCUT2D eigenvalue weighted by Gasteiger charge is -2.23. The third-order valence-corrected chi connectivity index (χ3v) is 5.46. The molecule has 0 radical (unpaired) electrons. The van der Waals surface area contributed by atoms with Crippen LogP contribution in [0.4, 0.5) is 13.2 Å². The number of alkyl halides is 3. The number of nitriles is 1. The van der Waals surface area contributed by atoms with Crippen LogP contribution in [0.5, 0.6) is 0 Å². The zero-order chi connectivity index (χ0) is 20.2. The minimum atomic E-state index is -4.66. The monoisotopic (exact) mass is 399 g/mol. The fourth-order valence-electron chi connectivity index (χ4n) is 2.99. The Balaban J connectivity index is 2.23. The highest BCUT2D eigenvalue weighted by Gasteiger charge is 2.37. The molecule has 0 aromatic carbocycles. The van der Waals surface area contributed by atoms with Gasteiger partial charge in [0, 0.05) is 17.2 Å². The van der Waals surface area contributed by atoms with E-state index in [1.807, 2.05) is 0 Å². The number of hydrogen-bond donors (Lipinski definition) is 1. The molecule has 1 saturated carbocycles. The maximum absolute atomic E-state index is 13.4. The number of carbonyl (C=O) groups excluding carboxylic acids is 1. The lowest BCUT2D eigenvalue weighted by Crippen LogP contribution is -2.37. The van der Waals surface area contributed by atoms with Crippen molar-refractivity contribution in [2.24, 2.45) is 0 Å². The minimum absolute atomic E-state index is 0.0453. The second kappa shape index (κ2) is 8.51. The average molecular weight is 399 g/mol. The van der Waals surface area contributed by atoms with Crippen molar-refractivity contribution in [1.82, 2.24) is 10.3 Å². The van der Waals surface area contributed by atoms with Gasteiger partial charge in [-0.1, -0.05) is 51.8 Å². The van der Waals surface area contributed by atoms with E-state index >= 15 is 0 Å². The van der Waals surface area contributed by atoms with Gasteiger partial charge in [-0.05, 0) is 18.9 Å².